The van der Waals surface area contributed by atoms with Crippen LogP contribution in [0.1, 0.15) is 24.3 Å². The van der Waals surface area contributed by atoms with Crippen LogP contribution in [-0.4, -0.2) is 6.61 Å². The first-order valence-electron chi connectivity index (χ1n) is 6.83. The Morgan fingerprint density at radius 2 is 1.95 bits per heavy atom. The fraction of sp³-hybridized carbons (Fsp3) is 0.235. The molecule has 0 saturated heterocycles. The molecule has 2 rings (SSSR count). The monoisotopic (exact) mass is 397 g/mol. The minimum absolute atomic E-state index is 0.257. The number of rotatable bonds is 6. The second-order valence-electron chi connectivity index (χ2n) is 4.77. The molecule has 0 aliphatic rings. The zero-order valence-corrected chi connectivity index (χ0v) is 14.8. The normalized spacial score (nSPS) is 11.7. The first-order chi connectivity index (χ1) is 10.6. The average molecular weight is 399 g/mol. The number of para-hydroxylation sites is 1. The van der Waals surface area contributed by atoms with Crippen molar-refractivity contribution < 1.29 is 4.74 Å². The van der Waals surface area contributed by atoms with E-state index < -0.39 is 0 Å². The number of hydrogen-bond donors (Lipinski definition) is 0. The molecule has 0 amide bonds. The summed E-state index contributed by atoms with van der Waals surface area (Å²) in [6.07, 6.45) is 1.45. The van der Waals surface area contributed by atoms with E-state index in [2.05, 4.69) is 22.0 Å². The van der Waals surface area contributed by atoms with Crippen LogP contribution in [0.15, 0.2) is 46.9 Å². The molecule has 0 aliphatic carbocycles. The van der Waals surface area contributed by atoms with Gasteiger partial charge in [-0.1, -0.05) is 41.4 Å². The van der Waals surface area contributed by atoms with E-state index >= 15 is 0 Å². The summed E-state index contributed by atoms with van der Waals surface area (Å²) in [5.41, 5.74) is 0.814. The molecule has 0 spiro atoms. The first kappa shape index (κ1) is 17.1. The van der Waals surface area contributed by atoms with Crippen molar-refractivity contribution in [1.82, 2.24) is 0 Å². The molecule has 0 unspecified atom stereocenters. The van der Waals surface area contributed by atoms with E-state index in [1.54, 1.807) is 12.1 Å². The Hall–Kier alpha value is -1.21. The van der Waals surface area contributed by atoms with Crippen LogP contribution in [0.25, 0.3) is 0 Å². The molecule has 0 N–H and O–H groups in total. The maximum atomic E-state index is 9.34. The topological polar surface area (TPSA) is 33.0 Å². The number of nitriles is 1. The van der Waals surface area contributed by atoms with Gasteiger partial charge in [-0.05, 0) is 58.6 Å². The molecule has 0 radical (unpaired) electrons. The molecule has 0 fully saturated rings. The standard InChI is InChI=1S/C17H14BrCl2NO/c18-15-5-1-2-6-17(15)22-9-3-4-12(11-21)14-8-7-13(19)10-16(14)20/h1-2,5-8,10,12H,3-4,9H2/t12-/m0/s1. The van der Waals surface area contributed by atoms with E-state index in [1.807, 2.05) is 30.3 Å². The molecule has 2 aromatic carbocycles. The third-order valence-corrected chi connectivity index (χ3v) is 4.44. The van der Waals surface area contributed by atoms with Crippen LogP contribution in [0.2, 0.25) is 10.0 Å². The summed E-state index contributed by atoms with van der Waals surface area (Å²) >= 11 is 15.5. The number of hydrogen-bond acceptors (Lipinski definition) is 2. The Morgan fingerprint density at radius 3 is 2.64 bits per heavy atom. The first-order valence-corrected chi connectivity index (χ1v) is 8.38. The fourth-order valence-electron chi connectivity index (χ4n) is 2.11. The smallest absolute Gasteiger partial charge is 0.133 e. The molecular formula is C17H14BrCl2NO. The summed E-state index contributed by atoms with van der Waals surface area (Å²) in [4.78, 5) is 0. The highest BCUT2D eigenvalue weighted by molar-refractivity contribution is 9.10. The van der Waals surface area contributed by atoms with Crippen LogP contribution in [0, 0.1) is 11.3 Å². The highest BCUT2D eigenvalue weighted by atomic mass is 79.9. The molecule has 0 heterocycles. The Bertz CT molecular complexity index is 685. The second kappa shape index (κ2) is 8.43. The summed E-state index contributed by atoms with van der Waals surface area (Å²) in [6.45, 7) is 0.548. The minimum atomic E-state index is -0.257. The van der Waals surface area contributed by atoms with E-state index in [0.717, 1.165) is 22.2 Å². The highest BCUT2D eigenvalue weighted by Gasteiger charge is 2.14. The Kier molecular flexibility index (Phi) is 6.57. The molecule has 0 aromatic heterocycles. The van der Waals surface area contributed by atoms with Gasteiger partial charge in [-0.2, -0.15) is 5.26 Å². The van der Waals surface area contributed by atoms with Gasteiger partial charge in [0.25, 0.3) is 0 Å². The molecule has 114 valence electrons. The van der Waals surface area contributed by atoms with E-state index in [-0.39, 0.29) is 5.92 Å². The molecule has 0 bridgehead atoms. The largest absolute Gasteiger partial charge is 0.492 e. The number of benzene rings is 2. The van der Waals surface area contributed by atoms with Gasteiger partial charge in [-0.15, -0.1) is 0 Å². The quantitative estimate of drug-likeness (QED) is 0.541. The van der Waals surface area contributed by atoms with Crippen molar-refractivity contribution in [2.45, 2.75) is 18.8 Å². The summed E-state index contributed by atoms with van der Waals surface area (Å²) in [7, 11) is 0. The van der Waals surface area contributed by atoms with Crippen molar-refractivity contribution in [3.63, 3.8) is 0 Å². The predicted octanol–water partition coefficient (Wildman–Crippen LogP) is 6.22. The molecule has 0 aliphatic heterocycles. The van der Waals surface area contributed by atoms with Crippen LogP contribution in [-0.2, 0) is 0 Å². The predicted molar refractivity (Wildman–Crippen MR) is 93.7 cm³/mol. The van der Waals surface area contributed by atoms with E-state index in [1.165, 1.54) is 0 Å². The Morgan fingerprint density at radius 1 is 1.18 bits per heavy atom. The lowest BCUT2D eigenvalue weighted by atomic mass is 9.96. The van der Waals surface area contributed by atoms with Crippen LogP contribution in [0.3, 0.4) is 0 Å². The summed E-state index contributed by atoms with van der Waals surface area (Å²) < 4.78 is 6.63. The molecule has 0 saturated carbocycles. The number of ether oxygens (including phenoxy) is 1. The maximum absolute atomic E-state index is 9.34. The lowest BCUT2D eigenvalue weighted by molar-refractivity contribution is 0.303. The third kappa shape index (κ3) is 4.64. The SMILES string of the molecule is N#C[C@H](CCCOc1ccccc1Br)c1ccc(Cl)cc1Cl. The molecular weight excluding hydrogens is 385 g/mol. The fourth-order valence-corrected chi connectivity index (χ4v) is 3.04. The van der Waals surface area contributed by atoms with E-state index in [9.17, 15) is 5.26 Å². The Balaban J connectivity index is 1.89. The van der Waals surface area contributed by atoms with Gasteiger partial charge in [0.2, 0.25) is 0 Å². The van der Waals surface area contributed by atoms with E-state index in [4.69, 9.17) is 27.9 Å². The van der Waals surface area contributed by atoms with Crippen molar-refractivity contribution >= 4 is 39.1 Å². The van der Waals surface area contributed by atoms with Crippen molar-refractivity contribution in [1.29, 1.82) is 5.26 Å². The van der Waals surface area contributed by atoms with Gasteiger partial charge < -0.3 is 4.74 Å². The zero-order valence-electron chi connectivity index (χ0n) is 11.7. The van der Waals surface area contributed by atoms with Crippen molar-refractivity contribution in [3.05, 3.63) is 62.5 Å². The second-order valence-corrected chi connectivity index (χ2v) is 6.47. The maximum Gasteiger partial charge on any atom is 0.133 e. The summed E-state index contributed by atoms with van der Waals surface area (Å²) in [6, 6.07) is 15.2. The Labute approximate surface area is 148 Å². The van der Waals surface area contributed by atoms with Crippen LogP contribution >= 0.6 is 39.1 Å². The van der Waals surface area contributed by atoms with Crippen LogP contribution < -0.4 is 4.74 Å². The van der Waals surface area contributed by atoms with Gasteiger partial charge in [0.1, 0.15) is 5.75 Å². The average Bonchev–Trinajstić information content (AvgIpc) is 2.50. The van der Waals surface area contributed by atoms with Gasteiger partial charge in [0.15, 0.2) is 0 Å². The summed E-state index contributed by atoms with van der Waals surface area (Å²) in [5.74, 6) is 0.549. The van der Waals surface area contributed by atoms with Gasteiger partial charge in [0, 0.05) is 10.0 Å². The van der Waals surface area contributed by atoms with Gasteiger partial charge in [-0.3, -0.25) is 0 Å². The highest BCUT2D eigenvalue weighted by Crippen LogP contribution is 2.30. The molecule has 22 heavy (non-hydrogen) atoms. The van der Waals surface area contributed by atoms with Crippen molar-refractivity contribution in [3.8, 4) is 11.8 Å². The van der Waals surface area contributed by atoms with Crippen LogP contribution in [0.5, 0.6) is 5.75 Å². The van der Waals surface area contributed by atoms with Gasteiger partial charge >= 0.3 is 0 Å². The van der Waals surface area contributed by atoms with Crippen molar-refractivity contribution in [2.24, 2.45) is 0 Å². The van der Waals surface area contributed by atoms with Crippen LogP contribution in [0.4, 0.5) is 0 Å². The number of nitrogens with zero attached hydrogens (tertiary/aromatic N) is 1. The third-order valence-electron chi connectivity index (χ3n) is 3.23. The van der Waals surface area contributed by atoms with Gasteiger partial charge in [0.05, 0.1) is 23.1 Å². The lowest BCUT2D eigenvalue weighted by Gasteiger charge is -2.12. The molecule has 5 heteroatoms. The zero-order chi connectivity index (χ0) is 15.9. The summed E-state index contributed by atoms with van der Waals surface area (Å²) in [5, 5.41) is 10.4. The molecule has 1 atom stereocenters. The number of halogens is 3. The molecule has 2 nitrogen and oxygen atoms in total. The lowest BCUT2D eigenvalue weighted by Crippen LogP contribution is -2.03. The van der Waals surface area contributed by atoms with Crippen molar-refractivity contribution in [2.75, 3.05) is 6.61 Å². The minimum Gasteiger partial charge on any atom is -0.492 e. The van der Waals surface area contributed by atoms with E-state index in [0.29, 0.717) is 23.1 Å². The molecule has 2 aromatic rings. The van der Waals surface area contributed by atoms with Gasteiger partial charge in [-0.25, -0.2) is 0 Å².